The third kappa shape index (κ3) is 3.05. The number of halogens is 1. The van der Waals surface area contributed by atoms with Crippen LogP contribution in [0.3, 0.4) is 0 Å². The Morgan fingerprint density at radius 1 is 1.40 bits per heavy atom. The number of aryl methyl sites for hydroxylation is 1. The number of carboxylic acids is 1. The average Bonchev–Trinajstić information content (AvgIpc) is 2.70. The minimum Gasteiger partial charge on any atom is -0.480 e. The van der Waals surface area contributed by atoms with Crippen LogP contribution in [-0.4, -0.2) is 45.8 Å². The molecule has 2 atom stereocenters. The summed E-state index contributed by atoms with van der Waals surface area (Å²) in [4.78, 5) is 24.1. The van der Waals surface area contributed by atoms with Crippen LogP contribution < -0.4 is 5.32 Å². The molecule has 108 valence electrons. The van der Waals surface area contributed by atoms with Crippen molar-refractivity contribution in [3.05, 3.63) is 29.6 Å². The first-order valence-electron chi connectivity index (χ1n) is 6.12. The summed E-state index contributed by atoms with van der Waals surface area (Å²) in [7, 11) is 0. The number of amides is 2. The molecule has 7 heteroatoms. The largest absolute Gasteiger partial charge is 0.480 e. The molecule has 20 heavy (non-hydrogen) atoms. The Bertz CT molecular complexity index is 529. The van der Waals surface area contributed by atoms with E-state index < -0.39 is 30.0 Å². The summed E-state index contributed by atoms with van der Waals surface area (Å²) in [6, 6.07) is 2.30. The van der Waals surface area contributed by atoms with Crippen molar-refractivity contribution in [2.75, 3.05) is 11.9 Å². The fraction of sp³-hybridized carbons (Fsp3) is 0.385. The predicted octanol–water partition coefficient (Wildman–Crippen LogP) is 1.19. The topological polar surface area (TPSA) is 89.9 Å². The molecule has 1 heterocycles. The van der Waals surface area contributed by atoms with E-state index in [2.05, 4.69) is 5.32 Å². The number of hydrogen-bond donors (Lipinski definition) is 3. The summed E-state index contributed by atoms with van der Waals surface area (Å²) in [6.07, 6.45) is -0.874. The van der Waals surface area contributed by atoms with Crippen molar-refractivity contribution in [3.8, 4) is 0 Å². The zero-order chi connectivity index (χ0) is 14.9. The van der Waals surface area contributed by atoms with E-state index in [0.29, 0.717) is 5.56 Å². The molecule has 1 aliphatic rings. The number of likely N-dealkylation sites (tertiary alicyclic amines) is 1. The number of aliphatic carboxylic acids is 1. The molecule has 0 saturated carbocycles. The van der Waals surface area contributed by atoms with E-state index in [9.17, 15) is 19.1 Å². The van der Waals surface area contributed by atoms with Crippen molar-refractivity contribution in [1.82, 2.24) is 4.90 Å². The van der Waals surface area contributed by atoms with Gasteiger partial charge >= 0.3 is 12.0 Å². The van der Waals surface area contributed by atoms with E-state index in [1.165, 1.54) is 6.07 Å². The molecule has 0 bridgehead atoms. The Kier molecular flexibility index (Phi) is 3.89. The first kappa shape index (κ1) is 14.3. The second-order valence-electron chi connectivity index (χ2n) is 4.84. The molecular weight excluding hydrogens is 267 g/mol. The molecule has 1 aromatic carbocycles. The van der Waals surface area contributed by atoms with Crippen molar-refractivity contribution in [2.24, 2.45) is 0 Å². The highest BCUT2D eigenvalue weighted by Gasteiger charge is 2.39. The van der Waals surface area contributed by atoms with Gasteiger partial charge in [0.1, 0.15) is 11.9 Å². The lowest BCUT2D eigenvalue weighted by molar-refractivity contribution is -0.141. The molecule has 6 nitrogen and oxygen atoms in total. The summed E-state index contributed by atoms with van der Waals surface area (Å²) in [5, 5.41) is 20.9. The normalized spacial score (nSPS) is 21.9. The first-order valence-corrected chi connectivity index (χ1v) is 6.12. The molecule has 0 spiro atoms. The van der Waals surface area contributed by atoms with Crippen LogP contribution in [0.25, 0.3) is 0 Å². The number of benzene rings is 1. The highest BCUT2D eigenvalue weighted by atomic mass is 19.1. The average molecular weight is 282 g/mol. The number of nitrogens with zero attached hydrogens (tertiary/aromatic N) is 1. The van der Waals surface area contributed by atoms with E-state index in [-0.39, 0.29) is 18.7 Å². The molecule has 1 saturated heterocycles. The number of β-amino-alcohol motifs (C(OH)–C–C–N with tert-alkyl or cyclic N) is 1. The fourth-order valence-electron chi connectivity index (χ4n) is 2.28. The van der Waals surface area contributed by atoms with E-state index in [1.807, 2.05) is 0 Å². The van der Waals surface area contributed by atoms with Gasteiger partial charge in [-0.05, 0) is 30.7 Å². The number of rotatable bonds is 2. The third-order valence-electron chi connectivity index (χ3n) is 3.12. The number of carboxylic acid groups (broad SMARTS) is 1. The van der Waals surface area contributed by atoms with Gasteiger partial charge in [0.2, 0.25) is 0 Å². The zero-order valence-corrected chi connectivity index (χ0v) is 10.8. The molecule has 0 aliphatic carbocycles. The lowest BCUT2D eigenvalue weighted by Crippen LogP contribution is -2.43. The van der Waals surface area contributed by atoms with E-state index >= 15 is 0 Å². The predicted molar refractivity (Wildman–Crippen MR) is 68.9 cm³/mol. The van der Waals surface area contributed by atoms with Crippen LogP contribution >= 0.6 is 0 Å². The van der Waals surface area contributed by atoms with Crippen LogP contribution in [0.5, 0.6) is 0 Å². The SMILES string of the molecule is Cc1cc(F)cc(NC(=O)N2C[C@H](O)C[C@@H]2C(=O)O)c1. The van der Waals surface area contributed by atoms with Crippen LogP contribution in [0, 0.1) is 12.7 Å². The summed E-state index contributed by atoms with van der Waals surface area (Å²) in [6.45, 7) is 1.62. The summed E-state index contributed by atoms with van der Waals surface area (Å²) >= 11 is 0. The van der Waals surface area contributed by atoms with Crippen molar-refractivity contribution in [3.63, 3.8) is 0 Å². The van der Waals surface area contributed by atoms with Crippen molar-refractivity contribution in [2.45, 2.75) is 25.5 Å². The van der Waals surface area contributed by atoms with Gasteiger partial charge < -0.3 is 20.4 Å². The van der Waals surface area contributed by atoms with Crippen LogP contribution in [0.2, 0.25) is 0 Å². The molecule has 1 fully saturated rings. The second kappa shape index (κ2) is 5.46. The number of aliphatic hydroxyl groups excluding tert-OH is 1. The summed E-state index contributed by atoms with van der Waals surface area (Å²) in [5.41, 5.74) is 0.884. The van der Waals surface area contributed by atoms with E-state index in [0.717, 1.165) is 11.0 Å². The van der Waals surface area contributed by atoms with Gasteiger partial charge in [-0.2, -0.15) is 0 Å². The molecular formula is C13H15FN2O4. The molecule has 3 N–H and O–H groups in total. The maximum atomic E-state index is 13.2. The molecule has 1 aliphatic heterocycles. The van der Waals surface area contributed by atoms with Crippen molar-refractivity contribution >= 4 is 17.7 Å². The van der Waals surface area contributed by atoms with Gasteiger partial charge in [-0.3, -0.25) is 0 Å². The van der Waals surface area contributed by atoms with Crippen LogP contribution in [0.15, 0.2) is 18.2 Å². The molecule has 0 aromatic heterocycles. The zero-order valence-electron chi connectivity index (χ0n) is 10.8. The number of carbonyl (C=O) groups excluding carboxylic acids is 1. The second-order valence-corrected chi connectivity index (χ2v) is 4.84. The number of aliphatic hydroxyl groups is 1. The minimum absolute atomic E-state index is 0.00900. The number of hydrogen-bond acceptors (Lipinski definition) is 3. The minimum atomic E-state index is -1.17. The van der Waals surface area contributed by atoms with E-state index in [1.54, 1.807) is 13.0 Å². The van der Waals surface area contributed by atoms with Crippen LogP contribution in [-0.2, 0) is 4.79 Å². The maximum Gasteiger partial charge on any atom is 0.326 e. The van der Waals surface area contributed by atoms with Crippen LogP contribution in [0.1, 0.15) is 12.0 Å². The number of carbonyl (C=O) groups is 2. The lowest BCUT2D eigenvalue weighted by atomic mass is 10.2. The molecule has 0 radical (unpaired) electrons. The van der Waals surface area contributed by atoms with Gasteiger partial charge in [-0.1, -0.05) is 0 Å². The number of anilines is 1. The van der Waals surface area contributed by atoms with Gasteiger partial charge in [0, 0.05) is 18.7 Å². The summed E-state index contributed by atoms with van der Waals surface area (Å²) < 4.78 is 13.2. The number of urea groups is 1. The standard InChI is InChI=1S/C13H15FN2O4/c1-7-2-8(14)4-9(3-7)15-13(20)16-6-10(17)5-11(16)12(18)19/h2-4,10-11,17H,5-6H2,1H3,(H,15,20)(H,18,19)/t10-,11-/m1/s1. The third-order valence-corrected chi connectivity index (χ3v) is 3.12. The Balaban J connectivity index is 2.13. The number of nitrogens with one attached hydrogen (secondary N) is 1. The maximum absolute atomic E-state index is 13.2. The Morgan fingerprint density at radius 3 is 2.70 bits per heavy atom. The smallest absolute Gasteiger partial charge is 0.326 e. The molecule has 0 unspecified atom stereocenters. The van der Waals surface area contributed by atoms with E-state index in [4.69, 9.17) is 5.11 Å². The Hall–Kier alpha value is -2.15. The molecule has 2 amide bonds. The first-order chi connectivity index (χ1) is 9.36. The fourth-order valence-corrected chi connectivity index (χ4v) is 2.28. The van der Waals surface area contributed by atoms with Crippen LogP contribution in [0.4, 0.5) is 14.9 Å². The van der Waals surface area contributed by atoms with Crippen molar-refractivity contribution in [1.29, 1.82) is 0 Å². The molecule has 2 rings (SSSR count). The quantitative estimate of drug-likeness (QED) is 0.760. The Labute approximate surface area is 114 Å². The Morgan fingerprint density at radius 2 is 2.10 bits per heavy atom. The van der Waals surface area contributed by atoms with Gasteiger partial charge in [-0.15, -0.1) is 0 Å². The van der Waals surface area contributed by atoms with Gasteiger partial charge in [0.05, 0.1) is 6.10 Å². The molecule has 1 aromatic rings. The van der Waals surface area contributed by atoms with Gasteiger partial charge in [0.25, 0.3) is 0 Å². The monoisotopic (exact) mass is 282 g/mol. The lowest BCUT2D eigenvalue weighted by Gasteiger charge is -2.21. The summed E-state index contributed by atoms with van der Waals surface area (Å²) in [5.74, 6) is -1.66. The highest BCUT2D eigenvalue weighted by Crippen LogP contribution is 2.20. The van der Waals surface area contributed by atoms with Gasteiger partial charge in [-0.25, -0.2) is 14.0 Å². The highest BCUT2D eigenvalue weighted by molar-refractivity contribution is 5.92. The van der Waals surface area contributed by atoms with Crippen molar-refractivity contribution < 1.29 is 24.2 Å². The van der Waals surface area contributed by atoms with Gasteiger partial charge in [0.15, 0.2) is 0 Å².